The van der Waals surface area contributed by atoms with Gasteiger partial charge >= 0.3 is 0 Å². The van der Waals surface area contributed by atoms with Gasteiger partial charge in [-0.2, -0.15) is 0 Å². The molecule has 0 aliphatic rings. The highest BCUT2D eigenvalue weighted by Crippen LogP contribution is 2.31. The Kier molecular flexibility index (Phi) is 2.42. The lowest BCUT2D eigenvalue weighted by Gasteiger charge is -2.14. The van der Waals surface area contributed by atoms with Crippen molar-refractivity contribution in [2.45, 2.75) is 19.5 Å². The topological polar surface area (TPSA) is 20.2 Å². The molecular formula is C9H10BrFO. The number of alkyl halides is 1. The van der Waals surface area contributed by atoms with Crippen molar-refractivity contribution in [2.75, 3.05) is 0 Å². The van der Waals surface area contributed by atoms with Crippen LogP contribution in [-0.4, -0.2) is 5.11 Å². The molecule has 0 fully saturated rings. The summed E-state index contributed by atoms with van der Waals surface area (Å²) < 4.78 is 13.9. The summed E-state index contributed by atoms with van der Waals surface area (Å²) in [5.74, 6) is 0.0678. The zero-order chi connectivity index (χ0) is 9.35. The van der Waals surface area contributed by atoms with Crippen LogP contribution in [0.15, 0.2) is 22.7 Å². The van der Waals surface area contributed by atoms with Gasteiger partial charge in [-0.3, -0.25) is 0 Å². The van der Waals surface area contributed by atoms with Crippen LogP contribution in [-0.2, 0) is 5.67 Å². The Morgan fingerprint density at radius 1 is 1.42 bits per heavy atom. The van der Waals surface area contributed by atoms with Crippen molar-refractivity contribution in [3.05, 3.63) is 28.2 Å². The Hall–Kier alpha value is -0.570. The molecule has 0 amide bonds. The molecule has 0 radical (unpaired) electrons. The molecule has 0 unspecified atom stereocenters. The smallest absolute Gasteiger partial charge is 0.130 e. The van der Waals surface area contributed by atoms with Gasteiger partial charge in [0.15, 0.2) is 0 Å². The normalized spacial score (nSPS) is 11.7. The molecular weight excluding hydrogens is 223 g/mol. The van der Waals surface area contributed by atoms with Gasteiger partial charge in [-0.25, -0.2) is 4.39 Å². The lowest BCUT2D eigenvalue weighted by Crippen LogP contribution is -2.08. The van der Waals surface area contributed by atoms with Gasteiger partial charge in [-0.05, 0) is 47.5 Å². The van der Waals surface area contributed by atoms with Crippen LogP contribution >= 0.6 is 15.9 Å². The van der Waals surface area contributed by atoms with Gasteiger partial charge < -0.3 is 5.11 Å². The van der Waals surface area contributed by atoms with Crippen molar-refractivity contribution >= 4 is 15.9 Å². The van der Waals surface area contributed by atoms with Gasteiger partial charge in [0.2, 0.25) is 0 Å². The number of rotatable bonds is 1. The maximum absolute atomic E-state index is 13.3. The van der Waals surface area contributed by atoms with Crippen LogP contribution in [0, 0.1) is 0 Å². The van der Waals surface area contributed by atoms with E-state index >= 15 is 0 Å². The molecule has 0 saturated heterocycles. The highest BCUT2D eigenvalue weighted by Gasteiger charge is 2.19. The van der Waals surface area contributed by atoms with E-state index in [1.165, 1.54) is 19.9 Å². The minimum absolute atomic E-state index is 0.0678. The number of aromatic hydroxyl groups is 1. The number of phenols is 1. The van der Waals surface area contributed by atoms with Crippen LogP contribution in [0.4, 0.5) is 4.39 Å². The summed E-state index contributed by atoms with van der Waals surface area (Å²) in [6, 6.07) is 4.69. The molecule has 1 aromatic rings. The maximum Gasteiger partial charge on any atom is 0.130 e. The second-order valence-corrected chi connectivity index (χ2v) is 3.99. The molecule has 0 spiro atoms. The van der Waals surface area contributed by atoms with Crippen molar-refractivity contribution in [3.8, 4) is 5.75 Å². The van der Waals surface area contributed by atoms with Crippen molar-refractivity contribution in [3.63, 3.8) is 0 Å². The van der Waals surface area contributed by atoms with Crippen LogP contribution in [0.5, 0.6) is 5.75 Å². The molecule has 0 aromatic heterocycles. The molecule has 0 atom stereocenters. The first-order valence-electron chi connectivity index (χ1n) is 3.59. The van der Waals surface area contributed by atoms with E-state index in [0.717, 1.165) is 0 Å². The third-order valence-electron chi connectivity index (χ3n) is 1.63. The summed E-state index contributed by atoms with van der Waals surface area (Å²) in [5, 5.41) is 9.25. The molecule has 1 aromatic carbocycles. The van der Waals surface area contributed by atoms with E-state index in [4.69, 9.17) is 0 Å². The summed E-state index contributed by atoms with van der Waals surface area (Å²) in [4.78, 5) is 0. The Balaban J connectivity index is 3.14. The molecule has 1 nitrogen and oxygen atoms in total. The van der Waals surface area contributed by atoms with Crippen LogP contribution in [0.2, 0.25) is 0 Å². The second-order valence-electron chi connectivity index (χ2n) is 3.14. The van der Waals surface area contributed by atoms with Crippen molar-refractivity contribution in [1.29, 1.82) is 0 Å². The summed E-state index contributed by atoms with van der Waals surface area (Å²) in [7, 11) is 0. The summed E-state index contributed by atoms with van der Waals surface area (Å²) >= 11 is 3.12. The molecule has 12 heavy (non-hydrogen) atoms. The molecule has 0 heterocycles. The Morgan fingerprint density at radius 2 is 2.00 bits per heavy atom. The zero-order valence-electron chi connectivity index (χ0n) is 6.94. The Bertz CT molecular complexity index is 291. The third-order valence-corrected chi connectivity index (χ3v) is 2.30. The van der Waals surface area contributed by atoms with E-state index in [1.54, 1.807) is 12.1 Å². The molecule has 66 valence electrons. The minimum Gasteiger partial charge on any atom is -0.507 e. The summed E-state index contributed by atoms with van der Waals surface area (Å²) in [5.41, 5.74) is -0.929. The van der Waals surface area contributed by atoms with E-state index in [2.05, 4.69) is 15.9 Å². The predicted molar refractivity (Wildman–Crippen MR) is 49.9 cm³/mol. The largest absolute Gasteiger partial charge is 0.507 e. The third kappa shape index (κ3) is 1.97. The second kappa shape index (κ2) is 3.05. The summed E-state index contributed by atoms with van der Waals surface area (Å²) in [6.45, 7) is 2.91. The van der Waals surface area contributed by atoms with Crippen LogP contribution in [0.1, 0.15) is 19.4 Å². The van der Waals surface area contributed by atoms with Crippen LogP contribution < -0.4 is 0 Å². The average molecular weight is 233 g/mol. The van der Waals surface area contributed by atoms with Gasteiger partial charge in [0.1, 0.15) is 11.4 Å². The molecule has 0 aliphatic heterocycles. The van der Waals surface area contributed by atoms with Gasteiger partial charge in [-0.15, -0.1) is 0 Å². The van der Waals surface area contributed by atoms with Gasteiger partial charge in [0.05, 0.1) is 4.47 Å². The van der Waals surface area contributed by atoms with E-state index in [1.807, 2.05) is 0 Å². The van der Waals surface area contributed by atoms with Crippen molar-refractivity contribution in [1.82, 2.24) is 0 Å². The standard InChI is InChI=1S/C9H10BrFO/c1-9(2,11)6-3-4-7(10)8(12)5-6/h3-5,12H,1-2H3. The maximum atomic E-state index is 13.3. The van der Waals surface area contributed by atoms with E-state index < -0.39 is 5.67 Å². The van der Waals surface area contributed by atoms with Gasteiger partial charge in [0, 0.05) is 0 Å². The first-order valence-corrected chi connectivity index (χ1v) is 4.38. The monoisotopic (exact) mass is 232 g/mol. The van der Waals surface area contributed by atoms with E-state index in [0.29, 0.717) is 10.0 Å². The first kappa shape index (κ1) is 9.52. The van der Waals surface area contributed by atoms with Crippen molar-refractivity contribution in [2.24, 2.45) is 0 Å². The molecule has 0 bridgehead atoms. The number of hydrogen-bond acceptors (Lipinski definition) is 1. The van der Waals surface area contributed by atoms with Crippen molar-refractivity contribution < 1.29 is 9.50 Å². The molecule has 3 heteroatoms. The Morgan fingerprint density at radius 3 is 2.42 bits per heavy atom. The average Bonchev–Trinajstić information content (AvgIpc) is 1.92. The molecule has 1 N–H and O–H groups in total. The molecule has 0 saturated carbocycles. The first-order chi connectivity index (χ1) is 5.41. The molecule has 0 aliphatic carbocycles. The van der Waals surface area contributed by atoms with Gasteiger partial charge in [-0.1, -0.05) is 6.07 Å². The highest BCUT2D eigenvalue weighted by atomic mass is 79.9. The number of halogens is 2. The fourth-order valence-electron chi connectivity index (χ4n) is 0.882. The van der Waals surface area contributed by atoms with E-state index in [-0.39, 0.29) is 5.75 Å². The minimum atomic E-state index is -1.40. The fourth-order valence-corrected chi connectivity index (χ4v) is 1.13. The summed E-state index contributed by atoms with van der Waals surface area (Å²) in [6.07, 6.45) is 0. The number of benzene rings is 1. The lowest BCUT2D eigenvalue weighted by atomic mass is 10.0. The van der Waals surface area contributed by atoms with Crippen LogP contribution in [0.25, 0.3) is 0 Å². The fraction of sp³-hybridized carbons (Fsp3) is 0.333. The SMILES string of the molecule is CC(C)(F)c1ccc(Br)c(O)c1. The lowest BCUT2D eigenvalue weighted by molar-refractivity contribution is 0.220. The number of phenolic OH excluding ortho intramolecular Hbond substituents is 1. The van der Waals surface area contributed by atoms with E-state index in [9.17, 15) is 9.50 Å². The Labute approximate surface area is 79.4 Å². The van der Waals surface area contributed by atoms with Crippen LogP contribution in [0.3, 0.4) is 0 Å². The number of hydrogen-bond donors (Lipinski definition) is 1. The quantitative estimate of drug-likeness (QED) is 0.788. The predicted octanol–water partition coefficient (Wildman–Crippen LogP) is 3.36. The highest BCUT2D eigenvalue weighted by molar-refractivity contribution is 9.10. The van der Waals surface area contributed by atoms with Gasteiger partial charge in [0.25, 0.3) is 0 Å². The zero-order valence-corrected chi connectivity index (χ0v) is 8.52. The molecule has 1 rings (SSSR count).